The first kappa shape index (κ1) is 29.0. The molecule has 2 aliphatic rings. The largest absolute Gasteiger partial charge is 0.497 e. The van der Waals surface area contributed by atoms with Crippen LogP contribution in [0.3, 0.4) is 0 Å². The van der Waals surface area contributed by atoms with Gasteiger partial charge in [0.25, 0.3) is 5.91 Å². The minimum Gasteiger partial charge on any atom is -0.497 e. The topological polar surface area (TPSA) is 121 Å². The molecule has 0 bridgehead atoms. The molecule has 1 saturated heterocycles. The number of nitrogens with zero attached hydrogens (tertiary/aromatic N) is 3. The lowest BCUT2D eigenvalue weighted by Gasteiger charge is -2.44. The number of carbonyl (C=O) groups is 1. The van der Waals surface area contributed by atoms with Crippen molar-refractivity contribution in [3.63, 3.8) is 0 Å². The quantitative estimate of drug-likeness (QED) is 0.485. The Balaban J connectivity index is 1.45. The fourth-order valence-corrected chi connectivity index (χ4v) is 6.78. The van der Waals surface area contributed by atoms with Crippen molar-refractivity contribution >= 4 is 15.9 Å². The molecule has 0 aliphatic carbocycles. The van der Waals surface area contributed by atoms with Gasteiger partial charge in [0.2, 0.25) is 10.0 Å². The van der Waals surface area contributed by atoms with Gasteiger partial charge < -0.3 is 24.4 Å². The number of sulfonamides is 1. The van der Waals surface area contributed by atoms with Crippen LogP contribution >= 0.6 is 0 Å². The van der Waals surface area contributed by atoms with Gasteiger partial charge in [0.15, 0.2) is 0 Å². The van der Waals surface area contributed by atoms with Crippen LogP contribution in [0, 0.1) is 5.41 Å². The van der Waals surface area contributed by atoms with Crippen LogP contribution in [0.25, 0.3) is 11.1 Å². The summed E-state index contributed by atoms with van der Waals surface area (Å²) in [5.74, 6) is 0.819. The van der Waals surface area contributed by atoms with Crippen molar-refractivity contribution in [2.45, 2.75) is 23.8 Å². The molecule has 1 atom stereocenters. The Bertz CT molecular complexity index is 1480. The Labute approximate surface area is 241 Å². The minimum atomic E-state index is -3.96. The third-order valence-corrected chi connectivity index (χ3v) is 9.27. The smallest absolute Gasteiger partial charge is 0.272 e. The van der Waals surface area contributed by atoms with E-state index in [-0.39, 0.29) is 35.1 Å². The first-order valence-electron chi connectivity index (χ1n) is 13.7. The molecule has 3 heterocycles. The van der Waals surface area contributed by atoms with Gasteiger partial charge in [-0.25, -0.2) is 13.1 Å². The zero-order valence-electron chi connectivity index (χ0n) is 23.3. The van der Waals surface area contributed by atoms with Gasteiger partial charge in [-0.15, -0.1) is 0 Å². The molecular weight excluding hydrogens is 544 g/mol. The molecule has 218 valence electrons. The number of piperidine rings is 1. The number of rotatable bonds is 3. The number of carbonyl (C=O) groups excluding carboxylic acids is 1. The number of likely N-dealkylation sites (N-methyl/N-ethyl adjacent to an activating group) is 1. The van der Waals surface area contributed by atoms with E-state index in [1.165, 1.54) is 6.07 Å². The summed E-state index contributed by atoms with van der Waals surface area (Å²) in [6.07, 6.45) is 2.03. The molecule has 1 spiro atoms. The number of benzene rings is 2. The molecular formula is C30H36N4O6S. The predicted molar refractivity (Wildman–Crippen MR) is 154 cm³/mol. The fourth-order valence-electron chi connectivity index (χ4n) is 5.58. The third kappa shape index (κ3) is 6.70. The van der Waals surface area contributed by atoms with Crippen LogP contribution in [0.15, 0.2) is 71.8 Å². The van der Waals surface area contributed by atoms with E-state index in [1.807, 2.05) is 41.1 Å². The molecule has 1 aromatic heterocycles. The lowest BCUT2D eigenvalue weighted by atomic mass is 9.78. The van der Waals surface area contributed by atoms with E-state index in [0.29, 0.717) is 50.5 Å². The fraction of sp³-hybridized carbons (Fsp3) is 0.400. The summed E-state index contributed by atoms with van der Waals surface area (Å²) >= 11 is 0. The Morgan fingerprint density at radius 1 is 1.10 bits per heavy atom. The van der Waals surface area contributed by atoms with Crippen LogP contribution in [0.5, 0.6) is 11.5 Å². The number of aliphatic hydroxyl groups excluding tert-OH is 1. The highest BCUT2D eigenvalue weighted by Crippen LogP contribution is 2.37. The number of amides is 1. The number of fused-ring (bicyclic) bond motifs is 1. The molecule has 5 rings (SSSR count). The van der Waals surface area contributed by atoms with E-state index < -0.39 is 16.1 Å². The number of pyridine rings is 1. The molecule has 10 nitrogen and oxygen atoms in total. The van der Waals surface area contributed by atoms with Crippen LogP contribution in [0.1, 0.15) is 23.3 Å². The summed E-state index contributed by atoms with van der Waals surface area (Å²) < 4.78 is 40.9. The monoisotopic (exact) mass is 580 g/mol. The number of hydrogen-bond donors (Lipinski definition) is 2. The van der Waals surface area contributed by atoms with Gasteiger partial charge in [0, 0.05) is 44.3 Å². The van der Waals surface area contributed by atoms with Crippen molar-refractivity contribution in [1.29, 1.82) is 0 Å². The van der Waals surface area contributed by atoms with Crippen molar-refractivity contribution in [2.75, 3.05) is 53.5 Å². The van der Waals surface area contributed by atoms with E-state index in [0.717, 1.165) is 11.1 Å². The van der Waals surface area contributed by atoms with Crippen LogP contribution in [-0.4, -0.2) is 93.8 Å². The summed E-state index contributed by atoms with van der Waals surface area (Å²) in [6, 6.07) is 17.8. The van der Waals surface area contributed by atoms with E-state index >= 15 is 0 Å². The van der Waals surface area contributed by atoms with Crippen molar-refractivity contribution in [3.8, 4) is 22.6 Å². The highest BCUT2D eigenvalue weighted by molar-refractivity contribution is 7.89. The molecule has 3 aromatic rings. The van der Waals surface area contributed by atoms with Crippen LogP contribution < -0.4 is 14.2 Å². The number of aromatic nitrogens is 1. The summed E-state index contributed by atoms with van der Waals surface area (Å²) in [4.78, 5) is 21.1. The van der Waals surface area contributed by atoms with Crippen molar-refractivity contribution < 1.29 is 27.8 Å². The lowest BCUT2D eigenvalue weighted by molar-refractivity contribution is 0.0157. The van der Waals surface area contributed by atoms with Crippen LogP contribution in [-0.2, 0) is 10.0 Å². The normalized spacial score (nSPS) is 21.1. The number of β-amino-alcohol motifs (C(OH)–C–C–N with tert-alkyl or cyclic N) is 1. The standard InChI is InChI=1S/C30H36N4O6S/c1-33-19-24(35)18-32-41(37,38)28-10-9-23(22-6-5-7-25(16-22)39-2)17-27(28)40-21-30(20-33)11-14-34(15-12-30)29(36)26-8-3-4-13-31-26/h3-10,13,16-17,24,32,35H,11-12,14-15,18-21H2,1-2H3. The number of ether oxygens (including phenoxy) is 2. The summed E-state index contributed by atoms with van der Waals surface area (Å²) in [7, 11) is -0.458. The van der Waals surface area contributed by atoms with Gasteiger partial charge in [-0.05, 0) is 67.4 Å². The second-order valence-corrected chi connectivity index (χ2v) is 12.6. The summed E-state index contributed by atoms with van der Waals surface area (Å²) in [6.45, 7) is 2.08. The number of nitrogens with one attached hydrogen (secondary N) is 1. The number of aliphatic hydroxyl groups is 1. The van der Waals surface area contributed by atoms with Gasteiger partial charge in [-0.2, -0.15) is 0 Å². The van der Waals surface area contributed by atoms with Crippen molar-refractivity contribution in [1.82, 2.24) is 19.5 Å². The molecule has 1 unspecified atom stereocenters. The minimum absolute atomic E-state index is 0.0168. The third-order valence-electron chi connectivity index (χ3n) is 7.80. The van der Waals surface area contributed by atoms with E-state index in [9.17, 15) is 18.3 Å². The molecule has 2 aliphatic heterocycles. The van der Waals surface area contributed by atoms with Crippen LogP contribution in [0.4, 0.5) is 0 Å². The zero-order chi connectivity index (χ0) is 29.0. The molecule has 0 saturated carbocycles. The van der Waals surface area contributed by atoms with Crippen molar-refractivity contribution in [3.05, 3.63) is 72.6 Å². The zero-order valence-corrected chi connectivity index (χ0v) is 24.1. The van der Waals surface area contributed by atoms with Gasteiger partial charge in [0.1, 0.15) is 22.1 Å². The maximum absolute atomic E-state index is 13.3. The highest BCUT2D eigenvalue weighted by Gasteiger charge is 2.39. The summed E-state index contributed by atoms with van der Waals surface area (Å²) in [5.41, 5.74) is 1.69. The maximum atomic E-state index is 13.3. The second-order valence-electron chi connectivity index (χ2n) is 10.9. The second kappa shape index (κ2) is 12.2. The highest BCUT2D eigenvalue weighted by atomic mass is 32.2. The number of likely N-dealkylation sites (tertiary alicyclic amines) is 1. The van der Waals surface area contributed by atoms with Gasteiger partial charge in [-0.3, -0.25) is 9.78 Å². The van der Waals surface area contributed by atoms with E-state index in [4.69, 9.17) is 9.47 Å². The molecule has 11 heteroatoms. The Hall–Kier alpha value is -3.51. The molecule has 2 aromatic carbocycles. The average Bonchev–Trinajstić information content (AvgIpc) is 2.99. The molecule has 1 amide bonds. The SMILES string of the molecule is COc1cccc(-c2ccc3c(c2)OCC2(CCN(C(=O)c4ccccn4)CC2)CN(C)CC(O)CNS3(=O)=O)c1. The lowest BCUT2D eigenvalue weighted by Crippen LogP contribution is -2.51. The molecule has 0 radical (unpaired) electrons. The summed E-state index contributed by atoms with van der Waals surface area (Å²) in [5, 5.41) is 10.6. The van der Waals surface area contributed by atoms with Gasteiger partial charge >= 0.3 is 0 Å². The van der Waals surface area contributed by atoms with Gasteiger partial charge in [-0.1, -0.05) is 24.3 Å². The number of methoxy groups -OCH3 is 1. The van der Waals surface area contributed by atoms with Crippen molar-refractivity contribution in [2.24, 2.45) is 5.41 Å². The Morgan fingerprint density at radius 2 is 1.88 bits per heavy atom. The van der Waals surface area contributed by atoms with Gasteiger partial charge in [0.05, 0.1) is 19.8 Å². The molecule has 1 fully saturated rings. The maximum Gasteiger partial charge on any atom is 0.272 e. The first-order chi connectivity index (χ1) is 19.7. The number of hydrogen-bond acceptors (Lipinski definition) is 8. The Morgan fingerprint density at radius 3 is 2.61 bits per heavy atom. The Kier molecular flexibility index (Phi) is 8.60. The van der Waals surface area contributed by atoms with Crippen LogP contribution in [0.2, 0.25) is 0 Å². The van der Waals surface area contributed by atoms with E-state index in [1.54, 1.807) is 43.6 Å². The first-order valence-corrected chi connectivity index (χ1v) is 15.1. The predicted octanol–water partition coefficient (Wildman–Crippen LogP) is 2.64. The molecule has 2 N–H and O–H groups in total. The average molecular weight is 581 g/mol. The molecule has 41 heavy (non-hydrogen) atoms. The van der Waals surface area contributed by atoms with E-state index in [2.05, 4.69) is 9.71 Å².